The molecule has 0 unspecified atom stereocenters. The van der Waals surface area contributed by atoms with Gasteiger partial charge in [0.05, 0.1) is 46.2 Å². The van der Waals surface area contributed by atoms with Crippen molar-refractivity contribution in [3.63, 3.8) is 0 Å². The lowest BCUT2D eigenvalue weighted by Gasteiger charge is -2.08. The average Bonchev–Trinajstić information content (AvgIpc) is 2.63. The van der Waals surface area contributed by atoms with Gasteiger partial charge in [0.25, 0.3) is 0 Å². The first-order valence-corrected chi connectivity index (χ1v) is 8.43. The molecule has 0 heterocycles. The molecule has 0 aromatic heterocycles. The highest BCUT2D eigenvalue weighted by molar-refractivity contribution is 5.76. The van der Waals surface area contributed by atoms with E-state index in [0.717, 1.165) is 5.75 Å². The van der Waals surface area contributed by atoms with Gasteiger partial charge in [0.15, 0.2) is 0 Å². The molecule has 142 valence electrons. The van der Waals surface area contributed by atoms with Crippen LogP contribution in [0.3, 0.4) is 0 Å². The van der Waals surface area contributed by atoms with Crippen LogP contribution < -0.4 is 10.1 Å². The van der Waals surface area contributed by atoms with Crippen molar-refractivity contribution < 1.29 is 28.5 Å². The van der Waals surface area contributed by atoms with E-state index in [1.807, 2.05) is 31.2 Å². The van der Waals surface area contributed by atoms with Gasteiger partial charge in [0.1, 0.15) is 19.0 Å². The zero-order valence-corrected chi connectivity index (χ0v) is 15.1. The number of hydrogen-bond acceptors (Lipinski definition) is 6. The van der Waals surface area contributed by atoms with Crippen molar-refractivity contribution in [2.24, 2.45) is 0 Å². The molecule has 1 aromatic carbocycles. The minimum Gasteiger partial charge on any atom is -0.491 e. The van der Waals surface area contributed by atoms with Crippen LogP contribution in [-0.4, -0.2) is 72.4 Å². The summed E-state index contributed by atoms with van der Waals surface area (Å²) in [5.41, 5.74) is 1.21. The monoisotopic (exact) mass is 355 g/mol. The van der Waals surface area contributed by atoms with E-state index in [2.05, 4.69) is 5.32 Å². The Balaban J connectivity index is 1.77. The van der Waals surface area contributed by atoms with E-state index in [1.54, 1.807) is 7.05 Å². The van der Waals surface area contributed by atoms with Crippen LogP contribution in [0.1, 0.15) is 5.56 Å². The van der Waals surface area contributed by atoms with Gasteiger partial charge in [-0.05, 0) is 19.1 Å². The van der Waals surface area contributed by atoms with E-state index in [1.165, 1.54) is 5.56 Å². The van der Waals surface area contributed by atoms with Gasteiger partial charge in [0, 0.05) is 7.05 Å². The Morgan fingerprint density at radius 2 is 1.28 bits per heavy atom. The van der Waals surface area contributed by atoms with Crippen LogP contribution in [0.4, 0.5) is 0 Å². The molecule has 1 rings (SSSR count). The number of carbonyl (C=O) groups is 1. The summed E-state index contributed by atoms with van der Waals surface area (Å²) in [7, 11) is 1.57. The molecule has 1 amide bonds. The molecule has 1 N–H and O–H groups in total. The number of benzene rings is 1. The molecule has 0 aliphatic heterocycles. The van der Waals surface area contributed by atoms with Crippen molar-refractivity contribution in [2.75, 3.05) is 66.5 Å². The number of hydrogen-bond donors (Lipinski definition) is 1. The fraction of sp³-hybridized carbons (Fsp3) is 0.611. The third-order valence-electron chi connectivity index (χ3n) is 3.15. The van der Waals surface area contributed by atoms with Crippen LogP contribution in [0.15, 0.2) is 24.3 Å². The summed E-state index contributed by atoms with van der Waals surface area (Å²) in [5.74, 6) is 0.703. The zero-order valence-electron chi connectivity index (χ0n) is 15.1. The van der Waals surface area contributed by atoms with Crippen molar-refractivity contribution in [3.8, 4) is 5.75 Å². The van der Waals surface area contributed by atoms with Crippen LogP contribution in [0, 0.1) is 6.92 Å². The Bertz CT molecular complexity index is 451. The first-order chi connectivity index (χ1) is 12.2. The number of nitrogens with one attached hydrogen (secondary N) is 1. The maximum Gasteiger partial charge on any atom is 0.245 e. The Kier molecular flexibility index (Phi) is 12.5. The highest BCUT2D eigenvalue weighted by atomic mass is 16.6. The van der Waals surface area contributed by atoms with Crippen molar-refractivity contribution in [2.45, 2.75) is 6.92 Å². The van der Waals surface area contributed by atoms with Crippen molar-refractivity contribution in [3.05, 3.63) is 29.8 Å². The van der Waals surface area contributed by atoms with E-state index in [-0.39, 0.29) is 12.5 Å². The van der Waals surface area contributed by atoms with Gasteiger partial charge in [0.2, 0.25) is 5.91 Å². The predicted octanol–water partition coefficient (Wildman–Crippen LogP) is 1.19. The van der Waals surface area contributed by atoms with Crippen LogP contribution in [0.2, 0.25) is 0 Å². The fourth-order valence-electron chi connectivity index (χ4n) is 1.75. The summed E-state index contributed by atoms with van der Waals surface area (Å²) in [6, 6.07) is 7.92. The van der Waals surface area contributed by atoms with Gasteiger partial charge in [-0.15, -0.1) is 0 Å². The molecule has 0 bridgehead atoms. The summed E-state index contributed by atoms with van der Waals surface area (Å²) < 4.78 is 26.8. The van der Waals surface area contributed by atoms with Crippen LogP contribution >= 0.6 is 0 Å². The third kappa shape index (κ3) is 12.4. The molecular formula is C18H29NO6. The van der Waals surface area contributed by atoms with Crippen LogP contribution in [0.5, 0.6) is 5.75 Å². The maximum absolute atomic E-state index is 10.9. The molecule has 0 aliphatic rings. The van der Waals surface area contributed by atoms with E-state index < -0.39 is 0 Å². The SMILES string of the molecule is CNC(=O)COCCOCCOCCOCCOc1ccc(C)cc1. The summed E-state index contributed by atoms with van der Waals surface area (Å²) in [5, 5.41) is 2.47. The van der Waals surface area contributed by atoms with E-state index in [0.29, 0.717) is 52.9 Å². The van der Waals surface area contributed by atoms with E-state index >= 15 is 0 Å². The molecule has 25 heavy (non-hydrogen) atoms. The number of aryl methyl sites for hydroxylation is 1. The molecule has 1 aromatic rings. The Morgan fingerprint density at radius 3 is 1.80 bits per heavy atom. The van der Waals surface area contributed by atoms with Gasteiger partial charge in [-0.25, -0.2) is 0 Å². The second kappa shape index (κ2) is 14.7. The molecule has 0 aliphatic carbocycles. The van der Waals surface area contributed by atoms with Gasteiger partial charge < -0.3 is 29.0 Å². The number of ether oxygens (including phenoxy) is 5. The predicted molar refractivity (Wildman–Crippen MR) is 94.0 cm³/mol. The maximum atomic E-state index is 10.9. The van der Waals surface area contributed by atoms with Gasteiger partial charge in [-0.2, -0.15) is 0 Å². The topological polar surface area (TPSA) is 75.3 Å². The minimum absolute atomic E-state index is 0.0569. The lowest BCUT2D eigenvalue weighted by molar-refractivity contribution is -0.125. The first kappa shape index (κ1) is 21.4. The average molecular weight is 355 g/mol. The number of amides is 1. The number of carbonyl (C=O) groups excluding carboxylic acids is 1. The minimum atomic E-state index is -0.146. The first-order valence-electron chi connectivity index (χ1n) is 8.43. The summed E-state index contributed by atoms with van der Waals surface area (Å²) in [6.45, 7) is 5.98. The largest absolute Gasteiger partial charge is 0.491 e. The second-order valence-corrected chi connectivity index (χ2v) is 5.22. The fourth-order valence-corrected chi connectivity index (χ4v) is 1.75. The molecule has 0 fully saturated rings. The molecule has 0 saturated carbocycles. The molecule has 0 atom stereocenters. The lowest BCUT2D eigenvalue weighted by Crippen LogP contribution is -2.24. The Morgan fingerprint density at radius 1 is 0.800 bits per heavy atom. The van der Waals surface area contributed by atoms with Gasteiger partial charge in [-0.3, -0.25) is 4.79 Å². The van der Waals surface area contributed by atoms with E-state index in [9.17, 15) is 4.79 Å². The smallest absolute Gasteiger partial charge is 0.245 e. The van der Waals surface area contributed by atoms with Crippen molar-refractivity contribution in [1.29, 1.82) is 0 Å². The second-order valence-electron chi connectivity index (χ2n) is 5.22. The normalized spacial score (nSPS) is 10.6. The highest BCUT2D eigenvalue weighted by Gasteiger charge is 1.97. The summed E-state index contributed by atoms with van der Waals surface area (Å²) in [6.07, 6.45) is 0. The van der Waals surface area contributed by atoms with Gasteiger partial charge in [-0.1, -0.05) is 17.7 Å². The molecule has 7 heteroatoms. The highest BCUT2D eigenvalue weighted by Crippen LogP contribution is 2.10. The summed E-state index contributed by atoms with van der Waals surface area (Å²) >= 11 is 0. The van der Waals surface area contributed by atoms with Crippen LogP contribution in [0.25, 0.3) is 0 Å². The Hall–Kier alpha value is -1.67. The molecule has 7 nitrogen and oxygen atoms in total. The third-order valence-corrected chi connectivity index (χ3v) is 3.15. The van der Waals surface area contributed by atoms with Crippen molar-refractivity contribution in [1.82, 2.24) is 5.32 Å². The zero-order chi connectivity index (χ0) is 18.2. The number of likely N-dealkylation sites (N-methyl/N-ethyl adjacent to an activating group) is 1. The molecule has 0 radical (unpaired) electrons. The van der Waals surface area contributed by atoms with E-state index in [4.69, 9.17) is 23.7 Å². The molecule has 0 spiro atoms. The lowest BCUT2D eigenvalue weighted by atomic mass is 10.2. The number of rotatable bonds is 15. The summed E-state index contributed by atoms with van der Waals surface area (Å²) in [4.78, 5) is 10.9. The Labute approximate surface area is 149 Å². The molecular weight excluding hydrogens is 326 g/mol. The molecule has 0 saturated heterocycles. The quantitative estimate of drug-likeness (QED) is 0.476. The van der Waals surface area contributed by atoms with Gasteiger partial charge >= 0.3 is 0 Å². The standard InChI is InChI=1S/C18H29NO6/c1-16-3-5-17(6-4-16)25-14-13-23-10-9-21-7-8-22-11-12-24-15-18(20)19-2/h3-6H,7-15H2,1-2H3,(H,19,20). The van der Waals surface area contributed by atoms with Crippen molar-refractivity contribution >= 4 is 5.91 Å². The van der Waals surface area contributed by atoms with Crippen LogP contribution in [-0.2, 0) is 23.7 Å².